The predicted molar refractivity (Wildman–Crippen MR) is 148 cm³/mol. The number of aromatic nitrogens is 4. The van der Waals surface area contributed by atoms with E-state index < -0.39 is 47.6 Å². The van der Waals surface area contributed by atoms with Gasteiger partial charge in [-0.25, -0.2) is 13.8 Å². The Hall–Kier alpha value is -3.39. The van der Waals surface area contributed by atoms with Crippen molar-refractivity contribution < 1.29 is 36.2 Å². The number of pyridine rings is 1. The average molecular weight is 628 g/mol. The lowest BCUT2D eigenvalue weighted by Gasteiger charge is -2.43. The fourth-order valence-corrected chi connectivity index (χ4v) is 5.80. The summed E-state index contributed by atoms with van der Waals surface area (Å²) in [5, 5.41) is 9.30. The van der Waals surface area contributed by atoms with E-state index in [9.17, 15) is 18.0 Å². The van der Waals surface area contributed by atoms with Gasteiger partial charge in [0.1, 0.15) is 10.7 Å². The van der Waals surface area contributed by atoms with E-state index in [-0.39, 0.29) is 54.0 Å². The van der Waals surface area contributed by atoms with Crippen LogP contribution in [0.25, 0.3) is 5.65 Å². The third kappa shape index (κ3) is 7.77. The average Bonchev–Trinajstić information content (AvgIpc) is 3.53. The minimum absolute atomic E-state index is 0.0234. The molecule has 16 heteroatoms. The maximum Gasteiger partial charge on any atom is 0.447 e. The number of nitrogens with zero attached hydrogens (tertiary/aromatic N) is 5. The van der Waals surface area contributed by atoms with Crippen LogP contribution in [-0.2, 0) is 16.0 Å². The predicted octanol–water partition coefficient (Wildman–Crippen LogP) is 3.34. The summed E-state index contributed by atoms with van der Waals surface area (Å²) >= 11 is -0.403. The Morgan fingerprint density at radius 3 is 2.77 bits per heavy atom. The van der Waals surface area contributed by atoms with E-state index in [1.807, 2.05) is 0 Å². The number of fused-ring (bicyclic) bond motifs is 4. The molecular formula is C27H30F5N7O3S. The van der Waals surface area contributed by atoms with Crippen molar-refractivity contribution in [1.82, 2.24) is 29.4 Å². The summed E-state index contributed by atoms with van der Waals surface area (Å²) in [4.78, 5) is 18.4. The van der Waals surface area contributed by atoms with Gasteiger partial charge in [0.05, 0.1) is 62.9 Å². The number of amides is 1. The zero-order valence-electron chi connectivity index (χ0n) is 23.2. The maximum absolute atomic E-state index is 15.4. The van der Waals surface area contributed by atoms with Crippen LogP contribution >= 0.6 is 11.8 Å². The van der Waals surface area contributed by atoms with Gasteiger partial charge in [-0.1, -0.05) is 5.92 Å². The Morgan fingerprint density at radius 2 is 1.98 bits per heavy atom. The van der Waals surface area contributed by atoms with Crippen LogP contribution in [0, 0.1) is 17.8 Å². The number of carbonyl (C=O) groups excluding carboxylic acids is 1. The Kier molecular flexibility index (Phi) is 9.45. The van der Waals surface area contributed by atoms with Crippen molar-refractivity contribution in [3.8, 4) is 11.8 Å². The van der Waals surface area contributed by atoms with Crippen molar-refractivity contribution in [3.63, 3.8) is 0 Å². The van der Waals surface area contributed by atoms with Crippen molar-refractivity contribution in [3.05, 3.63) is 42.0 Å². The lowest BCUT2D eigenvalue weighted by atomic mass is 9.87. The fourth-order valence-electron chi connectivity index (χ4n) is 5.14. The summed E-state index contributed by atoms with van der Waals surface area (Å²) in [6, 6.07) is 1.64. The smallest absolute Gasteiger partial charge is 0.379 e. The second kappa shape index (κ2) is 13.1. The lowest BCUT2D eigenvalue weighted by Crippen LogP contribution is -2.58. The van der Waals surface area contributed by atoms with Gasteiger partial charge in [-0.2, -0.15) is 18.3 Å². The molecule has 5 heterocycles. The molecule has 3 aromatic heterocycles. The number of carbonyl (C=O) groups is 1. The number of hydrogen-bond acceptors (Lipinski definition) is 8. The van der Waals surface area contributed by atoms with Crippen molar-refractivity contribution in [1.29, 1.82) is 0 Å². The van der Waals surface area contributed by atoms with E-state index in [0.717, 1.165) is 0 Å². The highest BCUT2D eigenvalue weighted by Crippen LogP contribution is 2.40. The van der Waals surface area contributed by atoms with Crippen LogP contribution in [0.5, 0.6) is 0 Å². The van der Waals surface area contributed by atoms with Crippen molar-refractivity contribution >= 4 is 29.0 Å². The van der Waals surface area contributed by atoms with Crippen molar-refractivity contribution in [2.24, 2.45) is 5.92 Å². The van der Waals surface area contributed by atoms with Crippen LogP contribution in [0.4, 0.5) is 27.6 Å². The van der Waals surface area contributed by atoms with E-state index in [4.69, 9.17) is 9.47 Å². The molecule has 5 rings (SSSR count). The molecule has 43 heavy (non-hydrogen) atoms. The first-order valence-electron chi connectivity index (χ1n) is 13.5. The monoisotopic (exact) mass is 627 g/mol. The molecule has 2 N–H and O–H groups in total. The minimum Gasteiger partial charge on any atom is -0.379 e. The van der Waals surface area contributed by atoms with Gasteiger partial charge >= 0.3 is 5.51 Å². The molecule has 0 aromatic carbocycles. The Morgan fingerprint density at radius 1 is 1.19 bits per heavy atom. The molecule has 3 aromatic rings. The number of piperidine rings is 1. The molecule has 4 bridgehead atoms. The van der Waals surface area contributed by atoms with E-state index in [0.29, 0.717) is 26.1 Å². The van der Waals surface area contributed by atoms with Crippen LogP contribution < -0.4 is 10.6 Å². The second-order valence-electron chi connectivity index (χ2n) is 10.3. The van der Waals surface area contributed by atoms with Crippen molar-refractivity contribution in [2.45, 2.75) is 35.5 Å². The molecule has 0 spiro atoms. The zero-order valence-corrected chi connectivity index (χ0v) is 24.0. The van der Waals surface area contributed by atoms with E-state index in [1.54, 1.807) is 22.8 Å². The number of hydrogen-bond donors (Lipinski definition) is 2. The van der Waals surface area contributed by atoms with Gasteiger partial charge in [-0.3, -0.25) is 13.9 Å². The molecule has 2 aliphatic rings. The molecule has 0 aliphatic carbocycles. The van der Waals surface area contributed by atoms with Gasteiger partial charge in [0.25, 0.3) is 11.8 Å². The third-order valence-corrected chi connectivity index (χ3v) is 7.81. The number of nitrogens with one attached hydrogen (secondary N) is 2. The standard InChI is InChI=1S/C27H30F5N7O3S/c1-37-15-18-6-10-41-12-13-42-11-9-38-16-19(14-34-38)24(40)33-7-2-4-21-25(43-27(30,31)32)39-8-3-5-20(23(39)36-21)35-22(18)26(28,29)17-37/h3,5,8,14,16,18,22,35H,6-7,9-13,15,17H2,1H3,(H,33,40)/t18-,22-/m0/s1. The number of ether oxygens (including phenoxy) is 2. The molecule has 0 unspecified atom stereocenters. The highest BCUT2D eigenvalue weighted by Gasteiger charge is 2.49. The molecule has 0 radical (unpaired) electrons. The topological polar surface area (TPSA) is 98.0 Å². The summed E-state index contributed by atoms with van der Waals surface area (Å²) in [5.41, 5.74) is -4.41. The molecule has 2 atom stereocenters. The van der Waals surface area contributed by atoms with Gasteiger partial charge in [-0.05, 0) is 37.4 Å². The highest BCUT2D eigenvalue weighted by molar-refractivity contribution is 8.00. The number of likely N-dealkylation sites (tertiary alicyclic amines) is 1. The van der Waals surface area contributed by atoms with Crippen LogP contribution in [0.3, 0.4) is 0 Å². The van der Waals surface area contributed by atoms with Gasteiger partial charge in [0, 0.05) is 37.3 Å². The number of rotatable bonds is 1. The van der Waals surface area contributed by atoms with Crippen LogP contribution in [0.1, 0.15) is 22.5 Å². The minimum atomic E-state index is -4.66. The molecule has 2 aliphatic heterocycles. The summed E-state index contributed by atoms with van der Waals surface area (Å²) in [7, 11) is 1.62. The molecule has 0 saturated carbocycles. The number of imidazole rings is 1. The number of thioether (sulfide) groups is 1. The summed E-state index contributed by atoms with van der Waals surface area (Å²) in [6.45, 7) is 1.19. The summed E-state index contributed by atoms with van der Waals surface area (Å²) < 4.78 is 85.5. The first-order valence-corrected chi connectivity index (χ1v) is 14.4. The summed E-state index contributed by atoms with van der Waals surface area (Å²) in [5.74, 6) is 1.10. The normalized spacial score (nSPS) is 22.7. The van der Waals surface area contributed by atoms with E-state index in [2.05, 4.69) is 32.6 Å². The Balaban J connectivity index is 1.49. The van der Waals surface area contributed by atoms with Gasteiger partial charge in [-0.15, -0.1) is 0 Å². The van der Waals surface area contributed by atoms with E-state index >= 15 is 8.78 Å². The lowest BCUT2D eigenvalue weighted by molar-refractivity contribution is -0.0931. The molecule has 1 amide bonds. The SMILES string of the molecule is CN1C[C@@H]2CCOCCOCCn3cc(cn3)C(=O)NCC#Cc3nc4c(cccn4c3SC(F)(F)F)N[C@@H]2C(F)(F)C1. The maximum atomic E-state index is 15.4. The fraction of sp³-hybridized carbons (Fsp3) is 0.519. The van der Waals surface area contributed by atoms with Crippen LogP contribution in [0.2, 0.25) is 0 Å². The van der Waals surface area contributed by atoms with Crippen LogP contribution in [-0.4, -0.2) is 101 Å². The number of alkyl halides is 5. The third-order valence-electron chi connectivity index (χ3n) is 6.99. The largest absolute Gasteiger partial charge is 0.447 e. The Labute approximate surface area is 248 Å². The molecular weight excluding hydrogens is 597 g/mol. The van der Waals surface area contributed by atoms with Gasteiger partial charge in [0.2, 0.25) is 0 Å². The Bertz CT molecular complexity index is 1500. The van der Waals surface area contributed by atoms with Crippen LogP contribution in [0.15, 0.2) is 35.7 Å². The molecule has 1 saturated heterocycles. The summed E-state index contributed by atoms with van der Waals surface area (Å²) in [6.07, 6.45) is 4.62. The first kappa shape index (κ1) is 31.0. The molecule has 1 fully saturated rings. The number of anilines is 1. The van der Waals surface area contributed by atoms with Crippen molar-refractivity contribution in [2.75, 3.05) is 58.4 Å². The van der Waals surface area contributed by atoms with E-state index in [1.165, 1.54) is 28.9 Å². The van der Waals surface area contributed by atoms with Gasteiger partial charge < -0.3 is 25.0 Å². The molecule has 232 valence electrons. The quantitative estimate of drug-likeness (QED) is 0.241. The first-order chi connectivity index (χ1) is 20.5. The number of halogens is 5. The van der Waals surface area contributed by atoms with Gasteiger partial charge in [0.15, 0.2) is 5.65 Å². The molecule has 10 nitrogen and oxygen atoms in total. The highest BCUT2D eigenvalue weighted by atomic mass is 32.2. The second-order valence-corrected chi connectivity index (χ2v) is 11.3. The zero-order chi connectivity index (χ0) is 30.6.